The molecule has 2 aromatic rings. The molecule has 0 fully saturated rings. The Hall–Kier alpha value is -2.12. The Balaban J connectivity index is 1.99. The van der Waals surface area contributed by atoms with Crippen molar-refractivity contribution in [3.05, 3.63) is 53.7 Å². The van der Waals surface area contributed by atoms with Crippen LogP contribution in [0.3, 0.4) is 0 Å². The zero-order chi connectivity index (χ0) is 16.2. The van der Waals surface area contributed by atoms with Crippen LogP contribution in [0.4, 0.5) is 11.5 Å². The van der Waals surface area contributed by atoms with E-state index < -0.39 is 10.2 Å². The molecule has 2 N–H and O–H groups in total. The van der Waals surface area contributed by atoms with Crippen LogP contribution in [-0.4, -0.2) is 31.8 Å². The van der Waals surface area contributed by atoms with E-state index in [2.05, 4.69) is 34.1 Å². The molecule has 0 saturated heterocycles. The van der Waals surface area contributed by atoms with Crippen molar-refractivity contribution >= 4 is 21.7 Å². The molecule has 0 bridgehead atoms. The Kier molecular flexibility index (Phi) is 4.99. The van der Waals surface area contributed by atoms with E-state index in [0.717, 1.165) is 9.99 Å². The minimum absolute atomic E-state index is 0.287. The fourth-order valence-electron chi connectivity index (χ4n) is 1.79. The quantitative estimate of drug-likeness (QED) is 0.856. The molecule has 118 valence electrons. The molecule has 22 heavy (non-hydrogen) atoms. The van der Waals surface area contributed by atoms with Crippen LogP contribution in [0.25, 0.3) is 0 Å². The molecule has 0 spiro atoms. The minimum atomic E-state index is -3.52. The lowest BCUT2D eigenvalue weighted by Gasteiger charge is -2.13. The number of nitrogens with zero attached hydrogens (tertiary/aromatic N) is 2. The number of hydrogen-bond acceptors (Lipinski definition) is 4. The number of nitrogens with one attached hydrogen (secondary N) is 2. The van der Waals surface area contributed by atoms with Crippen LogP contribution in [0, 0.1) is 6.92 Å². The first-order valence-corrected chi connectivity index (χ1v) is 8.27. The van der Waals surface area contributed by atoms with Crippen molar-refractivity contribution in [1.82, 2.24) is 9.29 Å². The van der Waals surface area contributed by atoms with E-state index in [1.807, 2.05) is 12.1 Å². The highest BCUT2D eigenvalue weighted by molar-refractivity contribution is 7.90. The lowest BCUT2D eigenvalue weighted by Crippen LogP contribution is -2.29. The van der Waals surface area contributed by atoms with E-state index in [1.54, 1.807) is 18.3 Å². The molecular formula is C15H20N4O2S. The summed E-state index contributed by atoms with van der Waals surface area (Å²) in [5, 5.41) is 3.26. The summed E-state index contributed by atoms with van der Waals surface area (Å²) in [6.45, 7) is 2.76. The average Bonchev–Trinajstić information content (AvgIpc) is 2.47. The molecule has 0 aliphatic heterocycles. The summed E-state index contributed by atoms with van der Waals surface area (Å²) in [6.07, 6.45) is 1.60. The Morgan fingerprint density at radius 1 is 1.14 bits per heavy atom. The fraction of sp³-hybridized carbons (Fsp3) is 0.267. The second-order valence-corrected chi connectivity index (χ2v) is 6.99. The standard InChI is InChI=1S/C15H20N4O2S/c1-12-6-4-5-7-13(12)10-16-14-8-9-15(17-11-14)18-22(20,21)19(2)3/h4-9,11,16H,10H2,1-3H3,(H,17,18). The van der Waals surface area contributed by atoms with Crippen LogP contribution in [0.15, 0.2) is 42.6 Å². The van der Waals surface area contributed by atoms with Crippen LogP contribution >= 0.6 is 0 Å². The first-order chi connectivity index (χ1) is 10.4. The van der Waals surface area contributed by atoms with Gasteiger partial charge in [-0.05, 0) is 30.2 Å². The van der Waals surface area contributed by atoms with Gasteiger partial charge in [-0.1, -0.05) is 24.3 Å². The van der Waals surface area contributed by atoms with E-state index in [4.69, 9.17) is 0 Å². The maximum absolute atomic E-state index is 11.7. The summed E-state index contributed by atoms with van der Waals surface area (Å²) in [7, 11) is -0.607. The number of hydrogen-bond donors (Lipinski definition) is 2. The van der Waals surface area contributed by atoms with Crippen LogP contribution < -0.4 is 10.0 Å². The molecule has 2 rings (SSSR count). The van der Waals surface area contributed by atoms with Crippen molar-refractivity contribution in [2.75, 3.05) is 24.1 Å². The van der Waals surface area contributed by atoms with Crippen molar-refractivity contribution in [2.24, 2.45) is 0 Å². The normalized spacial score (nSPS) is 11.5. The van der Waals surface area contributed by atoms with E-state index in [0.29, 0.717) is 6.54 Å². The maximum Gasteiger partial charge on any atom is 0.302 e. The van der Waals surface area contributed by atoms with Gasteiger partial charge in [0.2, 0.25) is 0 Å². The van der Waals surface area contributed by atoms with Crippen LogP contribution in [0.2, 0.25) is 0 Å². The number of benzene rings is 1. The molecule has 0 unspecified atom stereocenters. The second kappa shape index (κ2) is 6.76. The van der Waals surface area contributed by atoms with Crippen LogP contribution in [0.1, 0.15) is 11.1 Å². The van der Waals surface area contributed by atoms with Crippen molar-refractivity contribution < 1.29 is 8.42 Å². The van der Waals surface area contributed by atoms with E-state index in [1.165, 1.54) is 25.2 Å². The number of aryl methyl sites for hydroxylation is 1. The third-order valence-electron chi connectivity index (χ3n) is 3.22. The van der Waals surface area contributed by atoms with Crippen LogP contribution in [-0.2, 0) is 16.8 Å². The predicted molar refractivity (Wildman–Crippen MR) is 89.0 cm³/mol. The van der Waals surface area contributed by atoms with Gasteiger partial charge in [0.05, 0.1) is 11.9 Å². The summed E-state index contributed by atoms with van der Waals surface area (Å²) in [5.74, 6) is 0.287. The van der Waals surface area contributed by atoms with Gasteiger partial charge in [-0.25, -0.2) is 4.98 Å². The number of rotatable bonds is 6. The van der Waals surface area contributed by atoms with Gasteiger partial charge < -0.3 is 5.32 Å². The Morgan fingerprint density at radius 3 is 2.45 bits per heavy atom. The first kappa shape index (κ1) is 16.3. The molecule has 0 saturated carbocycles. The molecule has 0 amide bonds. The highest BCUT2D eigenvalue weighted by Crippen LogP contribution is 2.14. The Labute approximate surface area is 131 Å². The van der Waals surface area contributed by atoms with Gasteiger partial charge >= 0.3 is 10.2 Å². The topological polar surface area (TPSA) is 74.3 Å². The third-order valence-corrected chi connectivity index (χ3v) is 4.65. The predicted octanol–water partition coefficient (Wildman–Crippen LogP) is 2.22. The molecule has 1 aromatic carbocycles. The Bertz CT molecular complexity index is 727. The maximum atomic E-state index is 11.7. The lowest BCUT2D eigenvalue weighted by molar-refractivity contribution is 0.526. The molecule has 0 atom stereocenters. The smallest absolute Gasteiger partial charge is 0.302 e. The monoisotopic (exact) mass is 320 g/mol. The summed E-state index contributed by atoms with van der Waals surface area (Å²) in [5.41, 5.74) is 3.26. The molecule has 1 aromatic heterocycles. The summed E-state index contributed by atoms with van der Waals surface area (Å²) >= 11 is 0. The molecule has 0 aliphatic rings. The van der Waals surface area contributed by atoms with E-state index in [-0.39, 0.29) is 5.82 Å². The van der Waals surface area contributed by atoms with Crippen molar-refractivity contribution in [2.45, 2.75) is 13.5 Å². The molecule has 1 heterocycles. The average molecular weight is 320 g/mol. The zero-order valence-electron chi connectivity index (χ0n) is 12.9. The second-order valence-electron chi connectivity index (χ2n) is 5.10. The largest absolute Gasteiger partial charge is 0.380 e. The van der Waals surface area contributed by atoms with E-state index >= 15 is 0 Å². The zero-order valence-corrected chi connectivity index (χ0v) is 13.7. The third kappa shape index (κ3) is 4.19. The summed E-state index contributed by atoms with van der Waals surface area (Å²) in [4.78, 5) is 4.10. The lowest BCUT2D eigenvalue weighted by atomic mass is 10.1. The summed E-state index contributed by atoms with van der Waals surface area (Å²) in [6, 6.07) is 11.6. The van der Waals surface area contributed by atoms with Gasteiger partial charge in [-0.3, -0.25) is 4.72 Å². The summed E-state index contributed by atoms with van der Waals surface area (Å²) < 4.78 is 26.9. The first-order valence-electron chi connectivity index (χ1n) is 6.83. The van der Waals surface area contributed by atoms with Gasteiger partial charge in [0, 0.05) is 20.6 Å². The van der Waals surface area contributed by atoms with Gasteiger partial charge in [0.25, 0.3) is 0 Å². The molecule has 0 radical (unpaired) electrons. The van der Waals surface area contributed by atoms with Gasteiger partial charge in [-0.2, -0.15) is 12.7 Å². The van der Waals surface area contributed by atoms with Crippen molar-refractivity contribution in [3.63, 3.8) is 0 Å². The van der Waals surface area contributed by atoms with Crippen molar-refractivity contribution in [1.29, 1.82) is 0 Å². The number of pyridine rings is 1. The fourth-order valence-corrected chi connectivity index (χ4v) is 2.36. The molecular weight excluding hydrogens is 300 g/mol. The Morgan fingerprint density at radius 2 is 1.86 bits per heavy atom. The van der Waals surface area contributed by atoms with Gasteiger partial charge in [0.1, 0.15) is 5.82 Å². The van der Waals surface area contributed by atoms with Crippen LogP contribution in [0.5, 0.6) is 0 Å². The van der Waals surface area contributed by atoms with Gasteiger partial charge in [0.15, 0.2) is 0 Å². The highest BCUT2D eigenvalue weighted by Gasteiger charge is 2.13. The number of anilines is 2. The van der Waals surface area contributed by atoms with Gasteiger partial charge in [-0.15, -0.1) is 0 Å². The molecule has 6 nitrogen and oxygen atoms in total. The SMILES string of the molecule is Cc1ccccc1CNc1ccc(NS(=O)(=O)N(C)C)nc1. The van der Waals surface area contributed by atoms with Crippen molar-refractivity contribution in [3.8, 4) is 0 Å². The molecule has 0 aliphatic carbocycles. The molecule has 7 heteroatoms. The number of aromatic nitrogens is 1. The minimum Gasteiger partial charge on any atom is -0.380 e. The van der Waals surface area contributed by atoms with E-state index in [9.17, 15) is 8.42 Å². The highest BCUT2D eigenvalue weighted by atomic mass is 32.2.